The van der Waals surface area contributed by atoms with E-state index in [1.54, 1.807) is 55.5 Å². The molecule has 2 aromatic carbocycles. The minimum atomic E-state index is -0.635. The van der Waals surface area contributed by atoms with Gasteiger partial charge in [-0.05, 0) is 47.9 Å². The Kier molecular flexibility index (Phi) is 6.24. The molecule has 6 nitrogen and oxygen atoms in total. The number of ether oxygens (including phenoxy) is 2. The molecule has 152 valence electrons. The number of hydrogen-bond donors (Lipinski definition) is 0. The maximum atomic E-state index is 13.2. The van der Waals surface area contributed by atoms with E-state index in [9.17, 15) is 14.9 Å². The molecule has 0 unspecified atom stereocenters. The molecule has 0 spiro atoms. The van der Waals surface area contributed by atoms with E-state index in [4.69, 9.17) is 21.1 Å². The first-order valence-electron chi connectivity index (χ1n) is 9.06. The highest BCUT2D eigenvalue weighted by Crippen LogP contribution is 2.32. The van der Waals surface area contributed by atoms with Gasteiger partial charge in [0.05, 0.1) is 20.8 Å². The first-order valence-corrected chi connectivity index (χ1v) is 9.43. The smallest absolute Gasteiger partial charge is 0.271 e. The molecule has 0 aromatic heterocycles. The van der Waals surface area contributed by atoms with Crippen molar-refractivity contribution in [2.75, 3.05) is 14.2 Å². The number of imide groups is 1. The van der Waals surface area contributed by atoms with E-state index in [1.165, 1.54) is 14.2 Å². The number of amides is 2. The van der Waals surface area contributed by atoms with Gasteiger partial charge in [-0.25, -0.2) is 0 Å². The Labute approximate surface area is 179 Å². The average molecular weight is 423 g/mol. The largest absolute Gasteiger partial charge is 0.493 e. The van der Waals surface area contributed by atoms with Gasteiger partial charge < -0.3 is 9.47 Å². The van der Waals surface area contributed by atoms with Gasteiger partial charge in [-0.15, -0.1) is 0 Å². The van der Waals surface area contributed by atoms with Crippen molar-refractivity contribution in [2.45, 2.75) is 13.5 Å². The van der Waals surface area contributed by atoms with Crippen LogP contribution in [-0.2, 0) is 16.1 Å². The van der Waals surface area contributed by atoms with Crippen LogP contribution in [0.4, 0.5) is 0 Å². The predicted octanol–water partition coefficient (Wildman–Crippen LogP) is 4.15. The van der Waals surface area contributed by atoms with Crippen LogP contribution in [0, 0.1) is 11.3 Å². The second-order valence-electron chi connectivity index (χ2n) is 6.57. The number of carbonyl (C=O) groups excluding carboxylic acids is 2. The third-order valence-corrected chi connectivity index (χ3v) is 5.20. The average Bonchev–Trinajstić information content (AvgIpc) is 2.75. The van der Waals surface area contributed by atoms with E-state index in [2.05, 4.69) is 0 Å². The van der Waals surface area contributed by atoms with Gasteiger partial charge in [0.1, 0.15) is 11.6 Å². The van der Waals surface area contributed by atoms with Gasteiger partial charge in [0.15, 0.2) is 11.5 Å². The van der Waals surface area contributed by atoms with Crippen LogP contribution in [-0.4, -0.2) is 30.9 Å². The van der Waals surface area contributed by atoms with Crippen molar-refractivity contribution >= 4 is 29.5 Å². The van der Waals surface area contributed by atoms with Gasteiger partial charge in [-0.3, -0.25) is 14.5 Å². The molecule has 0 radical (unpaired) electrons. The van der Waals surface area contributed by atoms with Crippen molar-refractivity contribution in [3.05, 3.63) is 75.3 Å². The third-order valence-electron chi connectivity index (χ3n) is 4.83. The Morgan fingerprint density at radius 2 is 1.77 bits per heavy atom. The molecule has 0 saturated heterocycles. The van der Waals surface area contributed by atoms with Crippen LogP contribution < -0.4 is 9.47 Å². The fourth-order valence-corrected chi connectivity index (χ4v) is 3.38. The summed E-state index contributed by atoms with van der Waals surface area (Å²) >= 11 is 6.20. The van der Waals surface area contributed by atoms with Gasteiger partial charge >= 0.3 is 0 Å². The molecule has 0 aliphatic carbocycles. The lowest BCUT2D eigenvalue weighted by molar-refractivity contribution is -0.141. The van der Waals surface area contributed by atoms with Gasteiger partial charge in [-0.2, -0.15) is 5.26 Å². The number of nitriles is 1. The van der Waals surface area contributed by atoms with E-state index in [0.29, 0.717) is 33.2 Å². The molecule has 0 fully saturated rings. The van der Waals surface area contributed by atoms with Crippen molar-refractivity contribution < 1.29 is 19.1 Å². The summed E-state index contributed by atoms with van der Waals surface area (Å²) in [4.78, 5) is 27.0. The van der Waals surface area contributed by atoms with Crippen LogP contribution >= 0.6 is 11.6 Å². The normalized spacial score (nSPS) is 15.4. The Morgan fingerprint density at radius 1 is 1.07 bits per heavy atom. The van der Waals surface area contributed by atoms with Crippen LogP contribution in [0.3, 0.4) is 0 Å². The quantitative estimate of drug-likeness (QED) is 0.534. The zero-order valence-electron chi connectivity index (χ0n) is 16.7. The van der Waals surface area contributed by atoms with Crippen LogP contribution in [0.5, 0.6) is 11.5 Å². The molecular weight excluding hydrogens is 404 g/mol. The molecule has 0 atom stereocenters. The summed E-state index contributed by atoms with van der Waals surface area (Å²) in [6, 6.07) is 14.1. The molecule has 2 amide bonds. The highest BCUT2D eigenvalue weighted by molar-refractivity contribution is 6.31. The molecular formula is C23H19ClN2O4. The highest BCUT2D eigenvalue weighted by atomic mass is 35.5. The SMILES string of the molecule is COc1ccc(/C=C2/C(=O)N(Cc3ccccc3Cl)C(=O)C(C#N)=C2C)cc1OC. The second-order valence-corrected chi connectivity index (χ2v) is 6.98. The Morgan fingerprint density at radius 3 is 2.40 bits per heavy atom. The van der Waals surface area contributed by atoms with Gasteiger partial charge in [0.25, 0.3) is 11.8 Å². The molecule has 1 aliphatic rings. The Bertz CT molecular complexity index is 1130. The summed E-state index contributed by atoms with van der Waals surface area (Å²) in [6.07, 6.45) is 1.63. The summed E-state index contributed by atoms with van der Waals surface area (Å²) in [5.74, 6) is -0.0769. The maximum Gasteiger partial charge on any atom is 0.271 e. The Hall–Kier alpha value is -3.56. The number of methoxy groups -OCH3 is 2. The van der Waals surface area contributed by atoms with Crippen molar-refractivity contribution in [2.24, 2.45) is 0 Å². The van der Waals surface area contributed by atoms with Crippen LogP contribution in [0.1, 0.15) is 18.1 Å². The number of carbonyl (C=O) groups is 2. The lowest BCUT2D eigenvalue weighted by Gasteiger charge is -2.27. The van der Waals surface area contributed by atoms with E-state index in [0.717, 1.165) is 4.90 Å². The number of benzene rings is 2. The molecule has 0 bridgehead atoms. The van der Waals surface area contributed by atoms with Gasteiger partial charge in [0, 0.05) is 10.6 Å². The first-order chi connectivity index (χ1) is 14.4. The topological polar surface area (TPSA) is 79.6 Å². The monoisotopic (exact) mass is 422 g/mol. The number of rotatable bonds is 5. The lowest BCUT2D eigenvalue weighted by atomic mass is 9.93. The van der Waals surface area contributed by atoms with Crippen LogP contribution in [0.15, 0.2) is 59.2 Å². The highest BCUT2D eigenvalue weighted by Gasteiger charge is 2.35. The summed E-state index contributed by atoms with van der Waals surface area (Å²) in [7, 11) is 3.05. The third kappa shape index (κ3) is 3.93. The van der Waals surface area contributed by atoms with Crippen LogP contribution in [0.25, 0.3) is 6.08 Å². The maximum absolute atomic E-state index is 13.2. The fourth-order valence-electron chi connectivity index (χ4n) is 3.18. The first kappa shape index (κ1) is 21.2. The number of halogens is 1. The zero-order chi connectivity index (χ0) is 21.8. The van der Waals surface area contributed by atoms with E-state index in [1.807, 2.05) is 6.07 Å². The second kappa shape index (κ2) is 8.85. The van der Waals surface area contributed by atoms with Crippen molar-refractivity contribution in [1.82, 2.24) is 4.90 Å². The molecule has 1 aliphatic heterocycles. The van der Waals surface area contributed by atoms with E-state index >= 15 is 0 Å². The van der Waals surface area contributed by atoms with E-state index < -0.39 is 11.8 Å². The van der Waals surface area contributed by atoms with Crippen molar-refractivity contribution in [3.8, 4) is 17.6 Å². The molecule has 1 heterocycles. The summed E-state index contributed by atoms with van der Waals surface area (Å²) < 4.78 is 10.5. The lowest BCUT2D eigenvalue weighted by Crippen LogP contribution is -2.42. The standard InChI is InChI=1S/C23H19ClN2O4/c1-14-17(10-15-8-9-20(29-2)21(11-15)30-3)22(27)26(23(28)18(14)12-25)13-16-6-4-5-7-19(16)24/h4-11H,13H2,1-3H3/b17-10+. The molecule has 0 N–H and O–H groups in total. The molecule has 0 saturated carbocycles. The summed E-state index contributed by atoms with van der Waals surface area (Å²) in [5.41, 5.74) is 1.79. The number of hydrogen-bond acceptors (Lipinski definition) is 5. The summed E-state index contributed by atoms with van der Waals surface area (Å²) in [5, 5.41) is 9.97. The summed E-state index contributed by atoms with van der Waals surface area (Å²) in [6.45, 7) is 1.56. The van der Waals surface area contributed by atoms with Gasteiger partial charge in [-0.1, -0.05) is 35.9 Å². The number of nitrogens with zero attached hydrogens (tertiary/aromatic N) is 2. The Balaban J connectivity index is 2.07. The molecule has 7 heteroatoms. The van der Waals surface area contributed by atoms with Crippen molar-refractivity contribution in [3.63, 3.8) is 0 Å². The molecule has 30 heavy (non-hydrogen) atoms. The van der Waals surface area contributed by atoms with Gasteiger partial charge in [0.2, 0.25) is 0 Å². The zero-order valence-corrected chi connectivity index (χ0v) is 17.5. The molecule has 2 aromatic rings. The predicted molar refractivity (Wildman–Crippen MR) is 113 cm³/mol. The fraction of sp³-hybridized carbons (Fsp3) is 0.174. The van der Waals surface area contributed by atoms with Crippen LogP contribution in [0.2, 0.25) is 5.02 Å². The molecule has 3 rings (SSSR count). The van der Waals surface area contributed by atoms with E-state index in [-0.39, 0.29) is 17.7 Å². The van der Waals surface area contributed by atoms with Crippen molar-refractivity contribution in [1.29, 1.82) is 5.26 Å². The minimum absolute atomic E-state index is 0.0287. The minimum Gasteiger partial charge on any atom is -0.493 e.